The highest BCUT2D eigenvalue weighted by molar-refractivity contribution is 5.92. The molecule has 0 aliphatic heterocycles. The van der Waals surface area contributed by atoms with E-state index < -0.39 is 0 Å². The molecule has 0 amide bonds. The number of benzene rings is 1. The zero-order valence-corrected chi connectivity index (χ0v) is 12.2. The largest absolute Gasteiger partial charge is 0.348 e. The van der Waals surface area contributed by atoms with Crippen LogP contribution in [0.4, 0.5) is 5.82 Å². The van der Waals surface area contributed by atoms with Crippen molar-refractivity contribution in [2.24, 2.45) is 0 Å². The number of fused-ring (bicyclic) bond motifs is 1. The SMILES string of the molecule is C#CCN(C)c1nc(CNCCC)cc2ccccc12. The molecular formula is C17H21N3. The van der Waals surface area contributed by atoms with Gasteiger partial charge >= 0.3 is 0 Å². The summed E-state index contributed by atoms with van der Waals surface area (Å²) in [6.45, 7) is 4.51. The van der Waals surface area contributed by atoms with E-state index in [-0.39, 0.29) is 0 Å². The van der Waals surface area contributed by atoms with Gasteiger partial charge in [-0.2, -0.15) is 0 Å². The lowest BCUT2D eigenvalue weighted by molar-refractivity contribution is 0.665. The Kier molecular flexibility index (Phi) is 4.97. The Morgan fingerprint density at radius 3 is 2.90 bits per heavy atom. The fourth-order valence-electron chi connectivity index (χ4n) is 2.22. The number of hydrogen-bond acceptors (Lipinski definition) is 3. The molecule has 1 aromatic carbocycles. The summed E-state index contributed by atoms with van der Waals surface area (Å²) in [5.74, 6) is 3.63. The summed E-state index contributed by atoms with van der Waals surface area (Å²) in [5, 5.41) is 5.74. The van der Waals surface area contributed by atoms with Crippen LogP contribution in [0.3, 0.4) is 0 Å². The predicted octanol–water partition coefficient (Wildman–Crippen LogP) is 2.80. The highest BCUT2D eigenvalue weighted by atomic mass is 15.2. The van der Waals surface area contributed by atoms with Gasteiger partial charge in [-0.05, 0) is 24.4 Å². The minimum absolute atomic E-state index is 0.558. The number of rotatable bonds is 6. The molecule has 0 aliphatic rings. The Balaban J connectivity index is 2.39. The van der Waals surface area contributed by atoms with E-state index in [1.54, 1.807) is 0 Å². The minimum atomic E-state index is 0.558. The maximum atomic E-state index is 5.42. The van der Waals surface area contributed by atoms with Gasteiger partial charge in [0.2, 0.25) is 0 Å². The monoisotopic (exact) mass is 267 g/mol. The summed E-state index contributed by atoms with van der Waals surface area (Å²) in [5.41, 5.74) is 1.05. The first-order valence-corrected chi connectivity index (χ1v) is 7.00. The third-order valence-corrected chi connectivity index (χ3v) is 3.20. The number of aromatic nitrogens is 1. The van der Waals surface area contributed by atoms with E-state index in [2.05, 4.69) is 42.4 Å². The van der Waals surface area contributed by atoms with Crippen LogP contribution in [0.25, 0.3) is 10.8 Å². The molecule has 104 valence electrons. The number of pyridine rings is 1. The van der Waals surface area contributed by atoms with Crippen LogP contribution in [0.2, 0.25) is 0 Å². The third-order valence-electron chi connectivity index (χ3n) is 3.20. The van der Waals surface area contributed by atoms with Crippen LogP contribution in [-0.4, -0.2) is 25.1 Å². The van der Waals surface area contributed by atoms with Crippen LogP contribution >= 0.6 is 0 Å². The van der Waals surface area contributed by atoms with Gasteiger partial charge < -0.3 is 10.2 Å². The van der Waals surface area contributed by atoms with Crippen molar-refractivity contribution in [3.05, 3.63) is 36.0 Å². The van der Waals surface area contributed by atoms with Crippen LogP contribution in [0.5, 0.6) is 0 Å². The van der Waals surface area contributed by atoms with Gasteiger partial charge in [-0.1, -0.05) is 37.1 Å². The Morgan fingerprint density at radius 1 is 1.35 bits per heavy atom. The lowest BCUT2D eigenvalue weighted by Gasteiger charge is -2.18. The van der Waals surface area contributed by atoms with Gasteiger partial charge in [-0.25, -0.2) is 4.98 Å². The van der Waals surface area contributed by atoms with Crippen LogP contribution in [0, 0.1) is 12.3 Å². The van der Waals surface area contributed by atoms with Gasteiger partial charge in [0.05, 0.1) is 12.2 Å². The maximum absolute atomic E-state index is 5.42. The highest BCUT2D eigenvalue weighted by Crippen LogP contribution is 2.24. The molecule has 0 unspecified atom stereocenters. The van der Waals surface area contributed by atoms with Crippen LogP contribution < -0.4 is 10.2 Å². The molecule has 0 radical (unpaired) electrons. The molecule has 1 N–H and O–H groups in total. The zero-order chi connectivity index (χ0) is 14.4. The summed E-state index contributed by atoms with van der Waals surface area (Å²) in [6, 6.07) is 10.4. The van der Waals surface area contributed by atoms with Gasteiger partial charge in [-0.3, -0.25) is 0 Å². The van der Waals surface area contributed by atoms with Crippen molar-refractivity contribution >= 4 is 16.6 Å². The quantitative estimate of drug-likeness (QED) is 0.644. The van der Waals surface area contributed by atoms with E-state index in [0.717, 1.165) is 36.4 Å². The molecule has 1 aromatic heterocycles. The maximum Gasteiger partial charge on any atom is 0.137 e. The Labute approximate surface area is 121 Å². The number of hydrogen-bond donors (Lipinski definition) is 1. The van der Waals surface area contributed by atoms with Gasteiger partial charge in [0, 0.05) is 19.0 Å². The second-order valence-corrected chi connectivity index (χ2v) is 4.90. The zero-order valence-electron chi connectivity index (χ0n) is 12.2. The minimum Gasteiger partial charge on any atom is -0.348 e. The van der Waals surface area contributed by atoms with E-state index in [1.165, 1.54) is 5.39 Å². The molecule has 0 saturated heterocycles. The second-order valence-electron chi connectivity index (χ2n) is 4.90. The van der Waals surface area contributed by atoms with E-state index in [4.69, 9.17) is 11.4 Å². The number of nitrogens with zero attached hydrogens (tertiary/aromatic N) is 2. The summed E-state index contributed by atoms with van der Waals surface area (Å²) in [6.07, 6.45) is 6.54. The molecule has 3 nitrogen and oxygen atoms in total. The molecule has 0 fully saturated rings. The lowest BCUT2D eigenvalue weighted by Crippen LogP contribution is -2.21. The molecule has 2 aromatic rings. The van der Waals surface area contributed by atoms with Crippen molar-refractivity contribution in [1.82, 2.24) is 10.3 Å². The first-order chi connectivity index (χ1) is 9.76. The van der Waals surface area contributed by atoms with Crippen molar-refractivity contribution in [2.45, 2.75) is 19.9 Å². The first kappa shape index (κ1) is 14.4. The molecule has 20 heavy (non-hydrogen) atoms. The third kappa shape index (κ3) is 3.28. The van der Waals surface area contributed by atoms with Crippen molar-refractivity contribution in [3.63, 3.8) is 0 Å². The van der Waals surface area contributed by atoms with Gasteiger partial charge in [0.1, 0.15) is 5.82 Å². The molecule has 0 bridgehead atoms. The molecule has 0 atom stereocenters. The fraction of sp³-hybridized carbons (Fsp3) is 0.353. The van der Waals surface area contributed by atoms with Crippen molar-refractivity contribution in [3.8, 4) is 12.3 Å². The summed E-state index contributed by atoms with van der Waals surface area (Å²) in [7, 11) is 1.98. The Hall–Kier alpha value is -2.05. The van der Waals surface area contributed by atoms with Gasteiger partial charge in [0.25, 0.3) is 0 Å². The smallest absolute Gasteiger partial charge is 0.137 e. The topological polar surface area (TPSA) is 28.2 Å². The summed E-state index contributed by atoms with van der Waals surface area (Å²) in [4.78, 5) is 6.78. The molecule has 0 aliphatic carbocycles. The van der Waals surface area contributed by atoms with E-state index >= 15 is 0 Å². The summed E-state index contributed by atoms with van der Waals surface area (Å²) >= 11 is 0. The van der Waals surface area contributed by atoms with E-state index in [1.807, 2.05) is 18.0 Å². The predicted molar refractivity (Wildman–Crippen MR) is 85.8 cm³/mol. The Morgan fingerprint density at radius 2 is 2.15 bits per heavy atom. The first-order valence-electron chi connectivity index (χ1n) is 7.00. The van der Waals surface area contributed by atoms with Crippen molar-refractivity contribution in [1.29, 1.82) is 0 Å². The molecule has 2 rings (SSSR count). The molecule has 0 saturated carbocycles. The average molecular weight is 267 g/mol. The van der Waals surface area contributed by atoms with Gasteiger partial charge in [0.15, 0.2) is 0 Å². The summed E-state index contributed by atoms with van der Waals surface area (Å²) < 4.78 is 0. The fourth-order valence-corrected chi connectivity index (χ4v) is 2.22. The number of anilines is 1. The molecule has 0 spiro atoms. The standard InChI is InChI=1S/C17H21N3/c1-4-10-18-13-15-12-14-8-6-7-9-16(14)17(19-15)20(3)11-5-2/h2,6-9,12,18H,4,10-11,13H2,1,3H3. The van der Waals surface area contributed by atoms with Gasteiger partial charge in [-0.15, -0.1) is 6.42 Å². The normalized spacial score (nSPS) is 10.4. The molecular weight excluding hydrogens is 246 g/mol. The second kappa shape index (κ2) is 6.93. The number of nitrogens with one attached hydrogen (secondary N) is 1. The van der Waals surface area contributed by atoms with E-state index in [0.29, 0.717) is 6.54 Å². The van der Waals surface area contributed by atoms with Crippen LogP contribution in [-0.2, 0) is 6.54 Å². The highest BCUT2D eigenvalue weighted by Gasteiger charge is 2.09. The lowest BCUT2D eigenvalue weighted by atomic mass is 10.1. The number of terminal acetylenes is 1. The van der Waals surface area contributed by atoms with E-state index in [9.17, 15) is 0 Å². The van der Waals surface area contributed by atoms with Crippen molar-refractivity contribution in [2.75, 3.05) is 25.0 Å². The molecule has 3 heteroatoms. The van der Waals surface area contributed by atoms with Crippen molar-refractivity contribution < 1.29 is 0 Å². The van der Waals surface area contributed by atoms with Crippen LogP contribution in [0.1, 0.15) is 19.0 Å². The van der Waals surface area contributed by atoms with Crippen LogP contribution in [0.15, 0.2) is 30.3 Å². The molecule has 1 heterocycles. The Bertz CT molecular complexity index is 613. The average Bonchev–Trinajstić information content (AvgIpc) is 2.47.